The molecule has 2 heterocycles. The van der Waals surface area contributed by atoms with E-state index >= 15 is 0 Å². The van der Waals surface area contributed by atoms with Crippen molar-refractivity contribution in [2.24, 2.45) is 0 Å². The molecule has 15 heavy (non-hydrogen) atoms. The Morgan fingerprint density at radius 1 is 1.40 bits per heavy atom. The number of hydrogen-bond acceptors (Lipinski definition) is 4. The molecule has 4 nitrogen and oxygen atoms in total. The number of rotatable bonds is 2. The van der Waals surface area contributed by atoms with Gasteiger partial charge in [0.25, 0.3) is 0 Å². The van der Waals surface area contributed by atoms with Crippen molar-refractivity contribution in [1.29, 1.82) is 0 Å². The first-order chi connectivity index (χ1) is 6.97. The zero-order chi connectivity index (χ0) is 11.1. The largest absolute Gasteiger partial charge is 0.291 e. The molecule has 0 atom stereocenters. The van der Waals surface area contributed by atoms with E-state index in [2.05, 4.69) is 31.1 Å². The molecule has 0 bridgehead atoms. The molecule has 1 aromatic rings. The Bertz CT molecular complexity index is 339. The third-order valence-corrected chi connectivity index (χ3v) is 2.55. The van der Waals surface area contributed by atoms with E-state index in [0.717, 1.165) is 11.4 Å². The van der Waals surface area contributed by atoms with Crippen LogP contribution in [0, 0.1) is 0 Å². The van der Waals surface area contributed by atoms with Gasteiger partial charge in [0, 0.05) is 25.0 Å². The molecule has 5 heteroatoms. The van der Waals surface area contributed by atoms with E-state index in [9.17, 15) is 4.39 Å². The predicted octanol–water partition coefficient (Wildman–Crippen LogP) is 1.52. The first-order valence-corrected chi connectivity index (χ1v) is 5.15. The van der Waals surface area contributed by atoms with Gasteiger partial charge in [-0.05, 0) is 0 Å². The number of nitrogens with zero attached hydrogens (tertiary/aromatic N) is 3. The normalized spacial score (nSPS) is 19.2. The molecule has 0 aromatic carbocycles. The van der Waals surface area contributed by atoms with Crippen LogP contribution in [0.15, 0.2) is 4.63 Å². The van der Waals surface area contributed by atoms with Crippen molar-refractivity contribution in [3.05, 3.63) is 11.4 Å². The number of halogens is 1. The molecule has 1 aliphatic heterocycles. The summed E-state index contributed by atoms with van der Waals surface area (Å²) in [4.78, 5) is 2.00. The van der Waals surface area contributed by atoms with Gasteiger partial charge in [-0.3, -0.25) is 4.90 Å². The summed E-state index contributed by atoms with van der Waals surface area (Å²) in [5, 5.41) is 7.79. The zero-order valence-electron chi connectivity index (χ0n) is 9.33. The fraction of sp³-hybridized carbons (Fsp3) is 0.800. The van der Waals surface area contributed by atoms with Gasteiger partial charge in [-0.2, -0.15) is 0 Å². The van der Waals surface area contributed by atoms with E-state index in [4.69, 9.17) is 4.63 Å². The maximum Gasteiger partial charge on any atom is 0.125 e. The third-order valence-electron chi connectivity index (χ3n) is 2.55. The van der Waals surface area contributed by atoms with Gasteiger partial charge in [-0.25, -0.2) is 9.02 Å². The van der Waals surface area contributed by atoms with Crippen molar-refractivity contribution < 1.29 is 9.02 Å². The fourth-order valence-electron chi connectivity index (χ4n) is 1.73. The number of aromatic nitrogens is 2. The van der Waals surface area contributed by atoms with Crippen LogP contribution >= 0.6 is 0 Å². The standard InChI is InChI=1S/C10H16FN3O/c1-10(2,3)9-8(12-15-13-9)6-14-4-7(11)5-14/h7H,4-6H2,1-3H3. The second-order valence-electron chi connectivity index (χ2n) is 5.10. The van der Waals surface area contributed by atoms with Crippen LogP contribution in [0.25, 0.3) is 0 Å². The molecule has 1 aliphatic rings. The molecule has 0 amide bonds. The topological polar surface area (TPSA) is 42.2 Å². The van der Waals surface area contributed by atoms with Crippen LogP contribution in [0.1, 0.15) is 32.2 Å². The van der Waals surface area contributed by atoms with Crippen LogP contribution in [-0.4, -0.2) is 34.5 Å². The average Bonchev–Trinajstić information content (AvgIpc) is 2.48. The Morgan fingerprint density at radius 2 is 2.07 bits per heavy atom. The van der Waals surface area contributed by atoms with Crippen LogP contribution in [-0.2, 0) is 12.0 Å². The van der Waals surface area contributed by atoms with Crippen LogP contribution in [0.4, 0.5) is 4.39 Å². The Labute approximate surface area is 88.4 Å². The molecule has 1 fully saturated rings. The minimum absolute atomic E-state index is 0.0741. The molecule has 1 aromatic heterocycles. The van der Waals surface area contributed by atoms with Gasteiger partial charge in [0.15, 0.2) is 0 Å². The first-order valence-electron chi connectivity index (χ1n) is 5.15. The van der Waals surface area contributed by atoms with Crippen molar-refractivity contribution in [3.63, 3.8) is 0 Å². The molecule has 0 N–H and O–H groups in total. The lowest BCUT2D eigenvalue weighted by molar-refractivity contribution is 0.0568. The second kappa shape index (κ2) is 3.56. The highest BCUT2D eigenvalue weighted by molar-refractivity contribution is 5.17. The van der Waals surface area contributed by atoms with Crippen molar-refractivity contribution in [3.8, 4) is 0 Å². The lowest BCUT2D eigenvalue weighted by Gasteiger charge is -2.33. The summed E-state index contributed by atoms with van der Waals surface area (Å²) >= 11 is 0. The van der Waals surface area contributed by atoms with E-state index < -0.39 is 6.17 Å². The number of alkyl halides is 1. The van der Waals surface area contributed by atoms with Crippen LogP contribution < -0.4 is 0 Å². The zero-order valence-corrected chi connectivity index (χ0v) is 9.33. The third kappa shape index (κ3) is 2.17. The lowest BCUT2D eigenvalue weighted by Crippen LogP contribution is -2.47. The smallest absolute Gasteiger partial charge is 0.125 e. The van der Waals surface area contributed by atoms with Gasteiger partial charge >= 0.3 is 0 Å². The van der Waals surface area contributed by atoms with E-state index in [1.54, 1.807) is 0 Å². The van der Waals surface area contributed by atoms with Crippen LogP contribution in [0.2, 0.25) is 0 Å². The average molecular weight is 213 g/mol. The molecule has 0 spiro atoms. The van der Waals surface area contributed by atoms with Gasteiger partial charge in [0.1, 0.15) is 17.6 Å². The monoisotopic (exact) mass is 213 g/mol. The second-order valence-corrected chi connectivity index (χ2v) is 5.10. The Hall–Kier alpha value is -0.970. The summed E-state index contributed by atoms with van der Waals surface area (Å²) < 4.78 is 17.4. The van der Waals surface area contributed by atoms with Crippen LogP contribution in [0.3, 0.4) is 0 Å². The summed E-state index contributed by atoms with van der Waals surface area (Å²) in [7, 11) is 0. The first kappa shape index (κ1) is 10.5. The van der Waals surface area contributed by atoms with Crippen molar-refractivity contribution >= 4 is 0 Å². The molecule has 1 saturated heterocycles. The molecule has 0 unspecified atom stereocenters. The SMILES string of the molecule is CC(C)(C)c1nonc1CN1CC(F)C1. The Balaban J connectivity index is 2.05. The Morgan fingerprint density at radius 3 is 2.60 bits per heavy atom. The maximum absolute atomic E-state index is 12.6. The van der Waals surface area contributed by atoms with Gasteiger partial charge in [0.05, 0.1) is 0 Å². The summed E-state index contributed by atoms with van der Waals surface area (Å²) in [5.41, 5.74) is 1.62. The summed E-state index contributed by atoms with van der Waals surface area (Å²) in [5.74, 6) is 0. The van der Waals surface area contributed by atoms with Crippen molar-refractivity contribution in [1.82, 2.24) is 15.2 Å². The van der Waals surface area contributed by atoms with Gasteiger partial charge in [-0.15, -0.1) is 0 Å². The molecular formula is C10H16FN3O. The molecule has 84 valence electrons. The van der Waals surface area contributed by atoms with Crippen molar-refractivity contribution in [2.45, 2.75) is 38.9 Å². The highest BCUT2D eigenvalue weighted by Crippen LogP contribution is 2.25. The minimum Gasteiger partial charge on any atom is -0.291 e. The highest BCUT2D eigenvalue weighted by Gasteiger charge is 2.30. The van der Waals surface area contributed by atoms with Gasteiger partial charge < -0.3 is 0 Å². The summed E-state index contributed by atoms with van der Waals surface area (Å²) in [6, 6.07) is 0. The van der Waals surface area contributed by atoms with Crippen LogP contribution in [0.5, 0.6) is 0 Å². The fourth-order valence-corrected chi connectivity index (χ4v) is 1.73. The lowest BCUT2D eigenvalue weighted by atomic mass is 9.90. The molecule has 0 radical (unpaired) electrons. The van der Waals surface area contributed by atoms with E-state index in [1.165, 1.54) is 0 Å². The highest BCUT2D eigenvalue weighted by atomic mass is 19.1. The van der Waals surface area contributed by atoms with E-state index in [1.807, 2.05) is 4.90 Å². The number of hydrogen-bond donors (Lipinski definition) is 0. The van der Waals surface area contributed by atoms with Gasteiger partial charge in [0.2, 0.25) is 0 Å². The van der Waals surface area contributed by atoms with E-state index in [0.29, 0.717) is 19.6 Å². The predicted molar refractivity (Wildman–Crippen MR) is 53.2 cm³/mol. The minimum atomic E-state index is -0.678. The van der Waals surface area contributed by atoms with E-state index in [-0.39, 0.29) is 5.41 Å². The van der Waals surface area contributed by atoms with Crippen molar-refractivity contribution in [2.75, 3.05) is 13.1 Å². The maximum atomic E-state index is 12.6. The summed E-state index contributed by atoms with van der Waals surface area (Å²) in [6.45, 7) is 7.81. The Kier molecular flexibility index (Phi) is 2.50. The molecule has 0 saturated carbocycles. The molecular weight excluding hydrogens is 197 g/mol. The molecule has 2 rings (SSSR count). The quantitative estimate of drug-likeness (QED) is 0.747. The number of likely N-dealkylation sites (tertiary alicyclic amines) is 1. The molecule has 0 aliphatic carbocycles. The summed E-state index contributed by atoms with van der Waals surface area (Å²) in [6.07, 6.45) is -0.678. The van der Waals surface area contributed by atoms with Gasteiger partial charge in [-0.1, -0.05) is 31.1 Å².